The summed E-state index contributed by atoms with van der Waals surface area (Å²) in [5.74, 6) is -0.775. The normalized spacial score (nSPS) is 11.3. The van der Waals surface area contributed by atoms with E-state index in [4.69, 9.17) is 4.42 Å². The minimum atomic E-state index is -4.33. The molecule has 0 aliphatic carbocycles. The van der Waals surface area contributed by atoms with E-state index in [-0.39, 0.29) is 35.4 Å². The molecule has 0 N–H and O–H groups in total. The van der Waals surface area contributed by atoms with Crippen LogP contribution in [0.15, 0.2) is 28.7 Å². The van der Waals surface area contributed by atoms with Crippen LogP contribution in [0.25, 0.3) is 11.1 Å². The molecular weight excluding hydrogens is 229 g/mol. The second-order valence-corrected chi connectivity index (χ2v) is 4.18. The Kier molecular flexibility index (Phi) is 3.91. The molecule has 1 aromatic heterocycles. The molecule has 1 aromatic carbocycles. The Morgan fingerprint density at radius 2 is 2.00 bits per heavy atom. The molecule has 0 atom stereocenters. The molecule has 2 rings (SSSR count). The summed E-state index contributed by atoms with van der Waals surface area (Å²) in [6, 6.07) is 6.83. The van der Waals surface area contributed by atoms with Crippen molar-refractivity contribution in [3.05, 3.63) is 30.2 Å². The molecule has 15 heavy (non-hydrogen) atoms. The van der Waals surface area contributed by atoms with Crippen LogP contribution < -0.4 is 29.6 Å². The van der Waals surface area contributed by atoms with Gasteiger partial charge in [0, 0.05) is 0 Å². The molecule has 0 aliphatic rings. The molecule has 0 saturated heterocycles. The molecule has 0 bridgehead atoms. The molecule has 0 spiro atoms. The fraction of sp³-hybridized carbons (Fsp3) is 0.125. The van der Waals surface area contributed by atoms with Gasteiger partial charge in [0.15, 0.2) is 5.58 Å². The summed E-state index contributed by atoms with van der Waals surface area (Å²) in [4.78, 5) is 3.85. The van der Waals surface area contributed by atoms with Crippen molar-refractivity contribution in [1.29, 1.82) is 0 Å². The Morgan fingerprint density at radius 3 is 2.60 bits per heavy atom. The number of fused-ring (bicyclic) bond motifs is 1. The van der Waals surface area contributed by atoms with Crippen molar-refractivity contribution < 1.29 is 46.9 Å². The number of benzene rings is 1. The quantitative estimate of drug-likeness (QED) is 0.439. The second kappa shape index (κ2) is 4.63. The van der Waals surface area contributed by atoms with Crippen LogP contribution in [0.1, 0.15) is 5.89 Å². The van der Waals surface area contributed by atoms with Crippen LogP contribution in [0.4, 0.5) is 0 Å². The predicted molar refractivity (Wildman–Crippen MR) is 47.4 cm³/mol. The molecule has 7 heteroatoms. The van der Waals surface area contributed by atoms with Gasteiger partial charge in [0.05, 0.1) is 0 Å². The van der Waals surface area contributed by atoms with Gasteiger partial charge in [-0.15, -0.1) is 0 Å². The van der Waals surface area contributed by atoms with Crippen molar-refractivity contribution in [1.82, 2.24) is 4.98 Å². The zero-order valence-electron chi connectivity index (χ0n) is 8.00. The molecule has 0 aliphatic heterocycles. The van der Waals surface area contributed by atoms with Crippen LogP contribution in [-0.4, -0.2) is 18.0 Å². The predicted octanol–water partition coefficient (Wildman–Crippen LogP) is -2.12. The molecule has 2 aromatic rings. The first-order chi connectivity index (χ1) is 6.54. The van der Waals surface area contributed by atoms with E-state index < -0.39 is 15.9 Å². The van der Waals surface area contributed by atoms with E-state index in [1.165, 1.54) is 0 Å². The van der Waals surface area contributed by atoms with Crippen LogP contribution in [0.3, 0.4) is 0 Å². The van der Waals surface area contributed by atoms with E-state index in [0.717, 1.165) is 0 Å². The van der Waals surface area contributed by atoms with Crippen molar-refractivity contribution >= 4 is 21.2 Å². The topological polar surface area (TPSA) is 83.2 Å². The van der Waals surface area contributed by atoms with E-state index in [1.54, 1.807) is 24.3 Å². The van der Waals surface area contributed by atoms with Gasteiger partial charge in [-0.3, -0.25) is 0 Å². The maximum Gasteiger partial charge on any atom is 1.00 e. The van der Waals surface area contributed by atoms with Crippen molar-refractivity contribution in [3.63, 3.8) is 0 Å². The van der Waals surface area contributed by atoms with Gasteiger partial charge in [-0.2, -0.15) is 0 Å². The third kappa shape index (κ3) is 3.29. The van der Waals surface area contributed by atoms with E-state index in [0.29, 0.717) is 11.1 Å². The standard InChI is InChI=1S/C8H7NO4S.Na/c10-14(11,12)5-8-9-6-3-1-2-4-7(6)13-8;/h1-4H,5H2,(H,10,11,12);/q;+1/p-1. The first-order valence-electron chi connectivity index (χ1n) is 3.83. The largest absolute Gasteiger partial charge is 1.00 e. The van der Waals surface area contributed by atoms with Gasteiger partial charge in [-0.1, -0.05) is 12.1 Å². The maximum atomic E-state index is 10.4. The van der Waals surface area contributed by atoms with Crippen LogP contribution >= 0.6 is 0 Å². The molecule has 0 unspecified atom stereocenters. The number of hydrogen-bond donors (Lipinski definition) is 0. The minimum absolute atomic E-state index is 0. The minimum Gasteiger partial charge on any atom is -0.748 e. The average Bonchev–Trinajstić information content (AvgIpc) is 2.42. The van der Waals surface area contributed by atoms with E-state index in [1.807, 2.05) is 0 Å². The first kappa shape index (κ1) is 12.7. The summed E-state index contributed by atoms with van der Waals surface area (Å²) < 4.78 is 36.3. The molecule has 0 amide bonds. The third-order valence-electron chi connectivity index (χ3n) is 1.64. The summed E-state index contributed by atoms with van der Waals surface area (Å²) in [5.41, 5.74) is 1.03. The van der Waals surface area contributed by atoms with Crippen molar-refractivity contribution in [2.45, 2.75) is 5.75 Å². The number of para-hydroxylation sites is 2. The van der Waals surface area contributed by atoms with Gasteiger partial charge >= 0.3 is 29.6 Å². The second-order valence-electron chi connectivity index (χ2n) is 2.78. The van der Waals surface area contributed by atoms with E-state index in [9.17, 15) is 13.0 Å². The molecule has 0 saturated carbocycles. The number of aromatic nitrogens is 1. The zero-order valence-corrected chi connectivity index (χ0v) is 10.8. The van der Waals surface area contributed by atoms with Gasteiger partial charge in [-0.05, 0) is 12.1 Å². The molecule has 74 valence electrons. The summed E-state index contributed by atoms with van der Waals surface area (Å²) in [6.45, 7) is 0. The monoisotopic (exact) mass is 235 g/mol. The SMILES string of the molecule is O=S(=O)([O-])Cc1nc2ccccc2o1.[Na+]. The van der Waals surface area contributed by atoms with E-state index >= 15 is 0 Å². The maximum absolute atomic E-state index is 10.4. The fourth-order valence-corrected chi connectivity index (χ4v) is 1.56. The summed E-state index contributed by atoms with van der Waals surface area (Å²) >= 11 is 0. The smallest absolute Gasteiger partial charge is 0.748 e. The van der Waals surface area contributed by atoms with Gasteiger partial charge < -0.3 is 8.97 Å². The number of nitrogens with zero attached hydrogens (tertiary/aromatic N) is 1. The molecule has 5 nitrogen and oxygen atoms in total. The Hall–Kier alpha value is -0.400. The molecule has 1 heterocycles. The van der Waals surface area contributed by atoms with Gasteiger partial charge in [0.2, 0.25) is 5.89 Å². The van der Waals surface area contributed by atoms with Crippen LogP contribution in [-0.2, 0) is 15.9 Å². The Bertz CT molecular complexity index is 530. The van der Waals surface area contributed by atoms with Crippen LogP contribution in [0, 0.1) is 0 Å². The Morgan fingerprint density at radius 1 is 1.33 bits per heavy atom. The first-order valence-corrected chi connectivity index (χ1v) is 5.40. The average molecular weight is 235 g/mol. The summed E-state index contributed by atoms with van der Waals surface area (Å²) in [6.07, 6.45) is 0. The third-order valence-corrected chi connectivity index (χ3v) is 2.24. The van der Waals surface area contributed by atoms with Gasteiger partial charge in [0.25, 0.3) is 0 Å². The number of oxazole rings is 1. The fourth-order valence-electron chi connectivity index (χ4n) is 1.13. The van der Waals surface area contributed by atoms with Gasteiger partial charge in [0.1, 0.15) is 21.4 Å². The summed E-state index contributed by atoms with van der Waals surface area (Å²) in [5, 5.41) is 0. The van der Waals surface area contributed by atoms with E-state index in [2.05, 4.69) is 4.98 Å². The number of rotatable bonds is 2. The molecular formula is C8H6NNaO4S. The molecule has 0 fully saturated rings. The number of hydrogen-bond acceptors (Lipinski definition) is 5. The van der Waals surface area contributed by atoms with Crippen molar-refractivity contribution in [2.75, 3.05) is 0 Å². The van der Waals surface area contributed by atoms with Crippen molar-refractivity contribution in [3.8, 4) is 0 Å². The van der Waals surface area contributed by atoms with Gasteiger partial charge in [-0.25, -0.2) is 13.4 Å². The molecule has 0 radical (unpaired) electrons. The zero-order chi connectivity index (χ0) is 10.2. The van der Waals surface area contributed by atoms with Crippen LogP contribution in [0.5, 0.6) is 0 Å². The van der Waals surface area contributed by atoms with Crippen LogP contribution in [0.2, 0.25) is 0 Å². The Balaban J connectivity index is 0.00000112. The Labute approximate surface area is 109 Å². The van der Waals surface area contributed by atoms with Crippen molar-refractivity contribution in [2.24, 2.45) is 0 Å². The summed E-state index contributed by atoms with van der Waals surface area (Å²) in [7, 11) is -4.33.